The van der Waals surface area contributed by atoms with E-state index in [1.165, 1.54) is 5.56 Å². The van der Waals surface area contributed by atoms with E-state index in [1.54, 1.807) is 18.2 Å². The summed E-state index contributed by atoms with van der Waals surface area (Å²) in [5.41, 5.74) is 2.91. The second-order valence-corrected chi connectivity index (χ2v) is 5.70. The van der Waals surface area contributed by atoms with Gasteiger partial charge in [-0.2, -0.15) is 0 Å². The number of carbonyl (C=O) groups excluding carboxylic acids is 1. The molecule has 0 aliphatic carbocycles. The maximum absolute atomic E-state index is 12.5. The number of carbonyl (C=O) groups is 1. The predicted octanol–water partition coefficient (Wildman–Crippen LogP) is 3.65. The van der Waals surface area contributed by atoms with E-state index >= 15 is 0 Å². The van der Waals surface area contributed by atoms with Crippen molar-refractivity contribution in [1.82, 2.24) is 5.32 Å². The Morgan fingerprint density at radius 1 is 1.09 bits per heavy atom. The van der Waals surface area contributed by atoms with Gasteiger partial charge in [-0.25, -0.2) is 0 Å². The Morgan fingerprint density at radius 2 is 1.78 bits per heavy atom. The van der Waals surface area contributed by atoms with Gasteiger partial charge in [-0.3, -0.25) is 4.79 Å². The summed E-state index contributed by atoms with van der Waals surface area (Å²) in [5.74, 6) is 1.22. The molecular weight excluding hydrogens is 290 g/mol. The monoisotopic (exact) mass is 311 g/mol. The highest BCUT2D eigenvalue weighted by Gasteiger charge is 2.17. The zero-order valence-corrected chi connectivity index (χ0v) is 13.5. The van der Waals surface area contributed by atoms with Gasteiger partial charge in [0.25, 0.3) is 5.91 Å². The van der Waals surface area contributed by atoms with Gasteiger partial charge in [0.1, 0.15) is 13.2 Å². The first-order chi connectivity index (χ1) is 11.2. The minimum Gasteiger partial charge on any atom is -0.486 e. The third-order valence-electron chi connectivity index (χ3n) is 4.00. The Bertz CT molecular complexity index is 694. The number of hydrogen-bond acceptors (Lipinski definition) is 3. The van der Waals surface area contributed by atoms with Crippen LogP contribution in [0.25, 0.3) is 0 Å². The molecule has 2 aromatic rings. The fourth-order valence-corrected chi connectivity index (χ4v) is 2.65. The molecule has 1 aliphatic rings. The van der Waals surface area contributed by atoms with Crippen LogP contribution in [0.2, 0.25) is 0 Å². The first-order valence-corrected chi connectivity index (χ1v) is 7.94. The van der Waals surface area contributed by atoms with Gasteiger partial charge in [0, 0.05) is 5.56 Å². The van der Waals surface area contributed by atoms with Crippen LogP contribution in [-0.2, 0) is 0 Å². The highest BCUT2D eigenvalue weighted by molar-refractivity contribution is 5.95. The Hall–Kier alpha value is -2.49. The first kappa shape index (κ1) is 15.4. The van der Waals surface area contributed by atoms with Crippen LogP contribution in [-0.4, -0.2) is 19.1 Å². The van der Waals surface area contributed by atoms with Crippen molar-refractivity contribution < 1.29 is 14.3 Å². The summed E-state index contributed by atoms with van der Waals surface area (Å²) in [5, 5.41) is 3.09. The molecule has 1 heterocycles. The molecule has 1 unspecified atom stereocenters. The normalized spacial score (nSPS) is 14.2. The van der Waals surface area contributed by atoms with Crippen LogP contribution in [0.1, 0.15) is 40.9 Å². The van der Waals surface area contributed by atoms with Crippen LogP contribution >= 0.6 is 0 Å². The fraction of sp³-hybridized carbons (Fsp3) is 0.316. The SMILES string of the molecule is CCC(NC(=O)c1ccc2c(c1)OCCO2)c1ccc(C)cc1. The lowest BCUT2D eigenvalue weighted by molar-refractivity contribution is 0.0934. The van der Waals surface area contributed by atoms with E-state index in [-0.39, 0.29) is 11.9 Å². The van der Waals surface area contributed by atoms with Crippen LogP contribution in [0.15, 0.2) is 42.5 Å². The maximum atomic E-state index is 12.5. The molecule has 0 bridgehead atoms. The largest absolute Gasteiger partial charge is 0.486 e. The predicted molar refractivity (Wildman–Crippen MR) is 89.1 cm³/mol. The molecule has 0 fully saturated rings. The Kier molecular flexibility index (Phi) is 4.51. The van der Waals surface area contributed by atoms with E-state index in [0.29, 0.717) is 30.3 Å². The molecule has 0 saturated carbocycles. The summed E-state index contributed by atoms with van der Waals surface area (Å²) in [4.78, 5) is 12.5. The number of rotatable bonds is 4. The van der Waals surface area contributed by atoms with E-state index in [2.05, 4.69) is 43.4 Å². The summed E-state index contributed by atoms with van der Waals surface area (Å²) in [6.07, 6.45) is 0.833. The van der Waals surface area contributed by atoms with Gasteiger partial charge >= 0.3 is 0 Å². The van der Waals surface area contributed by atoms with E-state index in [4.69, 9.17) is 9.47 Å². The average molecular weight is 311 g/mol. The van der Waals surface area contributed by atoms with E-state index in [1.807, 2.05) is 0 Å². The van der Waals surface area contributed by atoms with Crippen molar-refractivity contribution >= 4 is 5.91 Å². The quantitative estimate of drug-likeness (QED) is 0.937. The Labute approximate surface area is 136 Å². The summed E-state index contributed by atoms with van der Waals surface area (Å²) in [6, 6.07) is 13.5. The van der Waals surface area contributed by atoms with Crippen molar-refractivity contribution in [3.05, 3.63) is 59.2 Å². The number of amides is 1. The minimum absolute atomic E-state index is 0.00343. The lowest BCUT2D eigenvalue weighted by Crippen LogP contribution is -2.28. The lowest BCUT2D eigenvalue weighted by atomic mass is 10.0. The van der Waals surface area contributed by atoms with Crippen LogP contribution in [0.4, 0.5) is 0 Å². The smallest absolute Gasteiger partial charge is 0.251 e. The number of benzene rings is 2. The zero-order valence-electron chi connectivity index (χ0n) is 13.5. The molecule has 0 saturated heterocycles. The fourth-order valence-electron chi connectivity index (χ4n) is 2.65. The van der Waals surface area contributed by atoms with Crippen LogP contribution < -0.4 is 14.8 Å². The van der Waals surface area contributed by atoms with Gasteiger partial charge in [0.05, 0.1) is 6.04 Å². The molecule has 4 nitrogen and oxygen atoms in total. The highest BCUT2D eigenvalue weighted by Crippen LogP contribution is 2.31. The Morgan fingerprint density at radius 3 is 2.48 bits per heavy atom. The Balaban J connectivity index is 1.75. The molecule has 2 aromatic carbocycles. The van der Waals surface area contributed by atoms with E-state index < -0.39 is 0 Å². The second-order valence-electron chi connectivity index (χ2n) is 5.70. The van der Waals surface area contributed by atoms with Crippen LogP contribution in [0.5, 0.6) is 11.5 Å². The summed E-state index contributed by atoms with van der Waals surface area (Å²) >= 11 is 0. The maximum Gasteiger partial charge on any atom is 0.251 e. The molecule has 120 valence electrons. The second kappa shape index (κ2) is 6.73. The molecule has 3 rings (SSSR count). The number of fused-ring (bicyclic) bond motifs is 1. The minimum atomic E-state index is -0.102. The molecule has 1 atom stereocenters. The summed E-state index contributed by atoms with van der Waals surface area (Å²) in [7, 11) is 0. The molecule has 1 N–H and O–H groups in total. The number of aryl methyl sites for hydroxylation is 1. The van der Waals surface area contributed by atoms with Gasteiger partial charge in [0.15, 0.2) is 11.5 Å². The number of hydrogen-bond donors (Lipinski definition) is 1. The third-order valence-corrected chi connectivity index (χ3v) is 4.00. The number of nitrogens with one attached hydrogen (secondary N) is 1. The van der Waals surface area contributed by atoms with Gasteiger partial charge in [-0.1, -0.05) is 36.8 Å². The third kappa shape index (κ3) is 3.47. The highest BCUT2D eigenvalue weighted by atomic mass is 16.6. The molecule has 0 aromatic heterocycles. The van der Waals surface area contributed by atoms with Gasteiger partial charge < -0.3 is 14.8 Å². The molecule has 1 amide bonds. The standard InChI is InChI=1S/C19H21NO3/c1-3-16(14-6-4-13(2)5-7-14)20-19(21)15-8-9-17-18(12-15)23-11-10-22-17/h4-9,12,16H,3,10-11H2,1-2H3,(H,20,21). The van der Waals surface area contributed by atoms with Crippen molar-refractivity contribution in [2.75, 3.05) is 13.2 Å². The van der Waals surface area contributed by atoms with Gasteiger partial charge in [-0.05, 0) is 37.1 Å². The molecular formula is C19H21NO3. The van der Waals surface area contributed by atoms with Gasteiger partial charge in [0.2, 0.25) is 0 Å². The first-order valence-electron chi connectivity index (χ1n) is 7.94. The molecule has 4 heteroatoms. The lowest BCUT2D eigenvalue weighted by Gasteiger charge is -2.20. The topological polar surface area (TPSA) is 47.6 Å². The van der Waals surface area contributed by atoms with Crippen LogP contribution in [0.3, 0.4) is 0 Å². The van der Waals surface area contributed by atoms with Crippen molar-refractivity contribution in [2.24, 2.45) is 0 Å². The zero-order chi connectivity index (χ0) is 16.2. The van der Waals surface area contributed by atoms with Crippen molar-refractivity contribution in [2.45, 2.75) is 26.3 Å². The van der Waals surface area contributed by atoms with E-state index in [0.717, 1.165) is 12.0 Å². The van der Waals surface area contributed by atoms with Crippen molar-refractivity contribution in [1.29, 1.82) is 0 Å². The van der Waals surface area contributed by atoms with Gasteiger partial charge in [-0.15, -0.1) is 0 Å². The number of ether oxygens (including phenoxy) is 2. The van der Waals surface area contributed by atoms with E-state index in [9.17, 15) is 4.79 Å². The summed E-state index contributed by atoms with van der Waals surface area (Å²) in [6.45, 7) is 5.18. The van der Waals surface area contributed by atoms with Crippen molar-refractivity contribution in [3.8, 4) is 11.5 Å². The average Bonchev–Trinajstić information content (AvgIpc) is 2.60. The molecule has 1 aliphatic heterocycles. The summed E-state index contributed by atoms with van der Waals surface area (Å²) < 4.78 is 11.0. The van der Waals surface area contributed by atoms with Crippen LogP contribution in [0, 0.1) is 6.92 Å². The molecule has 0 radical (unpaired) electrons. The van der Waals surface area contributed by atoms with Crippen molar-refractivity contribution in [3.63, 3.8) is 0 Å². The molecule has 0 spiro atoms. The molecule has 23 heavy (non-hydrogen) atoms.